The molecular weight excluding hydrogens is 160 g/mol. The fourth-order valence-corrected chi connectivity index (χ4v) is 2.60. The lowest BCUT2D eigenvalue weighted by molar-refractivity contribution is 0.313. The van der Waals surface area contributed by atoms with Crippen molar-refractivity contribution in [1.29, 1.82) is 0 Å². The smallest absolute Gasteiger partial charge is 0.0165 e. The lowest BCUT2D eigenvalue weighted by atomic mass is 10.1. The first kappa shape index (κ1) is 11.0. The van der Waals surface area contributed by atoms with Crippen LogP contribution in [0.15, 0.2) is 0 Å². The molecule has 1 aliphatic heterocycles. The van der Waals surface area contributed by atoms with Crippen molar-refractivity contribution in [2.45, 2.75) is 32.7 Å². The summed E-state index contributed by atoms with van der Waals surface area (Å²) in [6, 6.07) is 0.882. The van der Waals surface area contributed by atoms with E-state index >= 15 is 0 Å². The molecule has 2 atom stereocenters. The van der Waals surface area contributed by atoms with Crippen LogP contribution in [0.3, 0.4) is 0 Å². The summed E-state index contributed by atoms with van der Waals surface area (Å²) in [4.78, 5) is 4.85. The quantitative estimate of drug-likeness (QED) is 0.611. The van der Waals surface area contributed by atoms with Crippen LogP contribution in [-0.2, 0) is 0 Å². The third-order valence-corrected chi connectivity index (χ3v) is 3.35. The Kier molecular flexibility index (Phi) is 3.36. The summed E-state index contributed by atoms with van der Waals surface area (Å²) in [5, 5.41) is 0. The van der Waals surface area contributed by atoms with Crippen molar-refractivity contribution in [3.05, 3.63) is 0 Å². The highest BCUT2D eigenvalue weighted by molar-refractivity contribution is 5.11. The van der Waals surface area contributed by atoms with E-state index in [2.05, 4.69) is 30.9 Å². The van der Waals surface area contributed by atoms with E-state index in [0.29, 0.717) is 5.41 Å². The summed E-state index contributed by atoms with van der Waals surface area (Å²) in [7, 11) is 6.65. The van der Waals surface area contributed by atoms with Gasteiger partial charge in [-0.3, -0.25) is 0 Å². The first-order valence-corrected chi connectivity index (χ1v) is 5.49. The fraction of sp³-hybridized carbons (Fsp3) is 1.00. The molecule has 0 amide bonds. The predicted octanol–water partition coefficient (Wildman–Crippen LogP) is 1.67. The average Bonchev–Trinajstić information content (AvgIpc) is 2.68. The predicted molar refractivity (Wildman–Crippen MR) is 58.0 cm³/mol. The second-order valence-corrected chi connectivity index (χ2v) is 4.53. The van der Waals surface area contributed by atoms with Gasteiger partial charge in [0.2, 0.25) is 0 Å². The zero-order valence-corrected chi connectivity index (χ0v) is 9.80. The van der Waals surface area contributed by atoms with Gasteiger partial charge in [0.1, 0.15) is 0 Å². The minimum atomic E-state index is 0.707. The van der Waals surface area contributed by atoms with Crippen LogP contribution in [0, 0.1) is 5.41 Å². The summed E-state index contributed by atoms with van der Waals surface area (Å²) >= 11 is 0. The molecule has 2 rings (SSSR count). The number of rotatable bonds is 1. The van der Waals surface area contributed by atoms with Crippen LogP contribution < -0.4 is 0 Å². The van der Waals surface area contributed by atoms with Crippen LogP contribution in [0.5, 0.6) is 0 Å². The topological polar surface area (TPSA) is 6.48 Å². The molecule has 0 aromatic heterocycles. The first-order chi connectivity index (χ1) is 6.14. The molecule has 13 heavy (non-hydrogen) atoms. The van der Waals surface area contributed by atoms with Crippen molar-refractivity contribution >= 4 is 0 Å². The van der Waals surface area contributed by atoms with Crippen LogP contribution in [-0.4, -0.2) is 50.1 Å². The monoisotopic (exact) mass is 184 g/mol. The maximum Gasteiger partial charge on any atom is 0.0165 e. The van der Waals surface area contributed by atoms with Crippen LogP contribution >= 0.6 is 0 Å². The van der Waals surface area contributed by atoms with E-state index in [1.54, 1.807) is 0 Å². The summed E-state index contributed by atoms with van der Waals surface area (Å²) in [5.74, 6) is 0. The Hall–Kier alpha value is -0.0800. The summed E-state index contributed by atoms with van der Waals surface area (Å²) in [6.45, 7) is 6.64. The highest BCUT2D eigenvalue weighted by atomic mass is 15.2. The molecule has 0 aromatic carbocycles. The normalized spacial score (nSPS) is 37.8. The maximum atomic E-state index is 2.46. The van der Waals surface area contributed by atoms with E-state index in [0.717, 1.165) is 6.04 Å². The SMILES string of the molecule is CC.CN1CCC2(CC2N(C)C)C1. The minimum Gasteiger partial charge on any atom is -0.306 e. The van der Waals surface area contributed by atoms with E-state index in [1.165, 1.54) is 25.9 Å². The Balaban J connectivity index is 0.000000396. The summed E-state index contributed by atoms with van der Waals surface area (Å²) in [6.07, 6.45) is 2.86. The van der Waals surface area contributed by atoms with Gasteiger partial charge in [0.05, 0.1) is 0 Å². The van der Waals surface area contributed by atoms with E-state index < -0.39 is 0 Å². The molecule has 1 spiro atoms. The zero-order valence-electron chi connectivity index (χ0n) is 9.80. The summed E-state index contributed by atoms with van der Waals surface area (Å²) < 4.78 is 0. The largest absolute Gasteiger partial charge is 0.306 e. The van der Waals surface area contributed by atoms with Gasteiger partial charge in [0, 0.05) is 18.0 Å². The van der Waals surface area contributed by atoms with Gasteiger partial charge in [-0.15, -0.1) is 0 Å². The fourth-order valence-electron chi connectivity index (χ4n) is 2.60. The molecule has 78 valence electrons. The van der Waals surface area contributed by atoms with E-state index in [4.69, 9.17) is 0 Å². The highest BCUT2D eigenvalue weighted by Crippen LogP contribution is 2.54. The zero-order chi connectivity index (χ0) is 10.1. The van der Waals surface area contributed by atoms with Crippen molar-refractivity contribution in [1.82, 2.24) is 9.80 Å². The van der Waals surface area contributed by atoms with Crippen LogP contribution in [0.2, 0.25) is 0 Å². The lowest BCUT2D eigenvalue weighted by Crippen LogP contribution is -2.23. The standard InChI is InChI=1S/C9H18N2.C2H6/c1-10(2)8-6-9(8)4-5-11(3)7-9;1-2/h8H,4-7H2,1-3H3;1-2H3. The number of hydrogen-bond donors (Lipinski definition) is 0. The Morgan fingerprint density at radius 2 is 1.92 bits per heavy atom. The molecule has 2 nitrogen and oxygen atoms in total. The molecule has 1 heterocycles. The van der Waals surface area contributed by atoms with Crippen LogP contribution in [0.1, 0.15) is 26.7 Å². The molecule has 2 unspecified atom stereocenters. The third kappa shape index (κ3) is 2.05. The maximum absolute atomic E-state index is 2.46. The van der Waals surface area contributed by atoms with E-state index in [1.807, 2.05) is 13.8 Å². The third-order valence-electron chi connectivity index (χ3n) is 3.35. The van der Waals surface area contributed by atoms with Gasteiger partial charge in [-0.25, -0.2) is 0 Å². The second kappa shape index (κ2) is 3.97. The highest BCUT2D eigenvalue weighted by Gasteiger charge is 2.57. The molecule has 0 N–H and O–H groups in total. The Labute approximate surface area is 82.9 Å². The van der Waals surface area contributed by atoms with Crippen LogP contribution in [0.25, 0.3) is 0 Å². The molecule has 0 aromatic rings. The second-order valence-electron chi connectivity index (χ2n) is 4.53. The summed E-state index contributed by atoms with van der Waals surface area (Å²) in [5.41, 5.74) is 0.707. The van der Waals surface area contributed by atoms with E-state index in [9.17, 15) is 0 Å². The van der Waals surface area contributed by atoms with Gasteiger partial charge in [0.25, 0.3) is 0 Å². The van der Waals surface area contributed by atoms with Gasteiger partial charge < -0.3 is 9.80 Å². The van der Waals surface area contributed by atoms with Gasteiger partial charge >= 0.3 is 0 Å². The first-order valence-electron chi connectivity index (χ1n) is 5.49. The molecule has 2 heteroatoms. The van der Waals surface area contributed by atoms with Gasteiger partial charge in [-0.1, -0.05) is 13.8 Å². The molecule has 2 aliphatic rings. The van der Waals surface area contributed by atoms with Gasteiger partial charge in [-0.2, -0.15) is 0 Å². The molecule has 0 radical (unpaired) electrons. The molecule has 0 bridgehead atoms. The van der Waals surface area contributed by atoms with Crippen molar-refractivity contribution in [2.24, 2.45) is 5.41 Å². The van der Waals surface area contributed by atoms with Crippen molar-refractivity contribution < 1.29 is 0 Å². The van der Waals surface area contributed by atoms with Crippen molar-refractivity contribution in [3.8, 4) is 0 Å². The molecular formula is C11H24N2. The van der Waals surface area contributed by atoms with Gasteiger partial charge in [-0.05, 0) is 40.5 Å². The van der Waals surface area contributed by atoms with Crippen molar-refractivity contribution in [3.63, 3.8) is 0 Å². The van der Waals surface area contributed by atoms with Gasteiger partial charge in [0.15, 0.2) is 0 Å². The average molecular weight is 184 g/mol. The molecule has 1 saturated carbocycles. The minimum absolute atomic E-state index is 0.707. The Morgan fingerprint density at radius 3 is 2.23 bits per heavy atom. The number of hydrogen-bond acceptors (Lipinski definition) is 2. The van der Waals surface area contributed by atoms with E-state index in [-0.39, 0.29) is 0 Å². The molecule has 2 fully saturated rings. The molecule has 1 saturated heterocycles. The Bertz CT molecular complexity index is 167. The number of nitrogens with zero attached hydrogens (tertiary/aromatic N) is 2. The lowest BCUT2D eigenvalue weighted by Gasteiger charge is -2.14. The van der Waals surface area contributed by atoms with Crippen LogP contribution in [0.4, 0.5) is 0 Å². The van der Waals surface area contributed by atoms with Crippen molar-refractivity contribution in [2.75, 3.05) is 34.2 Å². The molecule has 1 aliphatic carbocycles. The Morgan fingerprint density at radius 1 is 1.31 bits per heavy atom. The number of likely N-dealkylation sites (tertiary alicyclic amines) is 1.